The maximum absolute atomic E-state index is 11.7. The highest BCUT2D eigenvalue weighted by Crippen LogP contribution is 2.11. The van der Waals surface area contributed by atoms with Gasteiger partial charge in [0.25, 0.3) is 6.79 Å². The molecule has 0 heterocycles. The number of nitrogens with zero attached hydrogens (tertiary/aromatic N) is 3. The second kappa shape index (κ2) is 9.01. The predicted octanol–water partition coefficient (Wildman–Crippen LogP) is 2.14. The van der Waals surface area contributed by atoms with Gasteiger partial charge in [0.1, 0.15) is 5.60 Å². The highest BCUT2D eigenvalue weighted by Gasteiger charge is 2.29. The normalized spacial score (nSPS) is 13.4. The summed E-state index contributed by atoms with van der Waals surface area (Å²) in [6, 6.07) is -1.05. The Bertz CT molecular complexity index is 432. The van der Waals surface area contributed by atoms with Crippen molar-refractivity contribution in [2.75, 3.05) is 13.8 Å². The van der Waals surface area contributed by atoms with Gasteiger partial charge in [-0.1, -0.05) is 13.8 Å². The molecule has 0 fully saturated rings. The fraction of sp³-hybridized carbons (Fsp3) is 0.846. The molecule has 0 spiro atoms. The molecule has 23 heavy (non-hydrogen) atoms. The highest BCUT2D eigenvalue weighted by atomic mass is 16.8. The molecule has 0 saturated heterocycles. The number of aliphatic carboxylic acids is 1. The molecule has 0 radical (unpaired) electrons. The molecule has 10 heteroatoms. The molecule has 0 aliphatic heterocycles. The van der Waals surface area contributed by atoms with Crippen LogP contribution in [0.3, 0.4) is 0 Å². The number of carbonyl (C=O) groups excluding carboxylic acids is 1. The first-order valence-corrected chi connectivity index (χ1v) is 7.05. The molecule has 0 aromatic carbocycles. The Morgan fingerprint density at radius 3 is 2.35 bits per heavy atom. The van der Waals surface area contributed by atoms with Crippen LogP contribution in [0.2, 0.25) is 0 Å². The summed E-state index contributed by atoms with van der Waals surface area (Å²) in [5, 5.41) is 24.8. The Morgan fingerprint density at radius 2 is 1.91 bits per heavy atom. The average molecular weight is 335 g/mol. The minimum atomic E-state index is -1.15. The largest absolute Gasteiger partial charge is 0.569 e. The Kier molecular flexibility index (Phi) is 8.12. The van der Waals surface area contributed by atoms with E-state index in [-0.39, 0.29) is 17.3 Å². The van der Waals surface area contributed by atoms with Crippen LogP contribution in [0.5, 0.6) is 0 Å². The van der Waals surface area contributed by atoms with Gasteiger partial charge in [-0.3, -0.25) is 0 Å². The first kappa shape index (κ1) is 20.7. The van der Waals surface area contributed by atoms with Gasteiger partial charge in [0.05, 0.1) is 12.0 Å². The molecular formula is C13H25N3O7. The first-order chi connectivity index (χ1) is 10.4. The maximum Gasteiger partial charge on any atom is 0.511 e. The number of carboxylic acids is 1. The molecule has 0 aromatic rings. The van der Waals surface area contributed by atoms with E-state index in [2.05, 4.69) is 14.9 Å². The van der Waals surface area contributed by atoms with Gasteiger partial charge in [-0.2, -0.15) is 0 Å². The van der Waals surface area contributed by atoms with Crippen molar-refractivity contribution < 1.29 is 34.0 Å². The number of hydrogen-bond donors (Lipinski definition) is 1. The first-order valence-electron chi connectivity index (χ1n) is 7.05. The molecule has 1 atom stereocenters. The fourth-order valence-corrected chi connectivity index (χ4v) is 1.46. The third-order valence-electron chi connectivity index (χ3n) is 2.45. The summed E-state index contributed by atoms with van der Waals surface area (Å²) < 4.78 is 9.39. The molecular weight excluding hydrogens is 310 g/mol. The van der Waals surface area contributed by atoms with Gasteiger partial charge < -0.3 is 24.6 Å². The van der Waals surface area contributed by atoms with Crippen LogP contribution in [-0.4, -0.2) is 52.7 Å². The Labute approximate surface area is 135 Å². The molecule has 1 unspecified atom stereocenters. The van der Waals surface area contributed by atoms with Crippen LogP contribution in [0.4, 0.5) is 4.79 Å². The van der Waals surface area contributed by atoms with E-state index in [4.69, 9.17) is 9.84 Å². The SMILES string of the molecule is CC(C)CC(C(=O)O)N(C)/[N+]([O-])=N/OCOC(=O)OC(C)(C)C. The van der Waals surface area contributed by atoms with Crippen molar-refractivity contribution in [2.24, 2.45) is 11.2 Å². The minimum Gasteiger partial charge on any atom is -0.569 e. The maximum atomic E-state index is 11.7. The lowest BCUT2D eigenvalue weighted by Gasteiger charge is -2.21. The van der Waals surface area contributed by atoms with Crippen LogP contribution >= 0.6 is 0 Å². The van der Waals surface area contributed by atoms with Crippen molar-refractivity contribution >= 4 is 12.1 Å². The van der Waals surface area contributed by atoms with E-state index in [9.17, 15) is 14.8 Å². The standard InChI is InChI=1S/C13H25N3O7/c1-9(2)7-10(11(17)18)15(6)16(20)14-22-8-21-12(19)23-13(3,4)5/h9-10H,7-8H2,1-6H3,(H,17,18)/b16-14-. The number of likely N-dealkylation sites (N-methyl/N-ethyl adjacent to an activating group) is 1. The van der Waals surface area contributed by atoms with Crippen molar-refractivity contribution in [1.82, 2.24) is 5.01 Å². The molecule has 0 rings (SSSR count). The number of hydrogen-bond acceptors (Lipinski definition) is 7. The zero-order valence-electron chi connectivity index (χ0n) is 14.3. The molecule has 0 amide bonds. The molecule has 0 aliphatic carbocycles. The van der Waals surface area contributed by atoms with E-state index in [1.54, 1.807) is 20.8 Å². The second-order valence-electron chi connectivity index (χ2n) is 6.25. The number of ether oxygens (including phenoxy) is 2. The van der Waals surface area contributed by atoms with E-state index in [1.165, 1.54) is 7.05 Å². The predicted molar refractivity (Wildman–Crippen MR) is 78.0 cm³/mol. The lowest BCUT2D eigenvalue weighted by Crippen LogP contribution is -2.43. The summed E-state index contributed by atoms with van der Waals surface area (Å²) in [5.41, 5.74) is -0.718. The third-order valence-corrected chi connectivity index (χ3v) is 2.45. The van der Waals surface area contributed by atoms with Crippen molar-refractivity contribution in [1.29, 1.82) is 0 Å². The topological polar surface area (TPSA) is 124 Å². The van der Waals surface area contributed by atoms with Gasteiger partial charge in [-0.05, 0) is 33.1 Å². The van der Waals surface area contributed by atoms with Crippen molar-refractivity contribution in [2.45, 2.75) is 52.7 Å². The zero-order chi connectivity index (χ0) is 18.2. The van der Waals surface area contributed by atoms with E-state index in [0.29, 0.717) is 0 Å². The number of carboxylic acid groups (broad SMARTS) is 1. The van der Waals surface area contributed by atoms with Gasteiger partial charge in [0, 0.05) is 0 Å². The molecule has 0 aliphatic rings. The molecule has 0 bridgehead atoms. The van der Waals surface area contributed by atoms with Gasteiger partial charge in [-0.15, -0.1) is 5.01 Å². The summed E-state index contributed by atoms with van der Waals surface area (Å²) >= 11 is 0. The monoisotopic (exact) mass is 335 g/mol. The summed E-state index contributed by atoms with van der Waals surface area (Å²) in [6.07, 6.45) is -0.712. The van der Waals surface area contributed by atoms with E-state index >= 15 is 0 Å². The fourth-order valence-electron chi connectivity index (χ4n) is 1.46. The van der Waals surface area contributed by atoms with Crippen molar-refractivity contribution in [3.63, 3.8) is 0 Å². The molecule has 0 saturated carbocycles. The quantitative estimate of drug-likeness (QED) is 0.179. The number of carbonyl (C=O) groups is 2. The lowest BCUT2D eigenvalue weighted by molar-refractivity contribution is -0.711. The van der Waals surface area contributed by atoms with Gasteiger partial charge in [0.2, 0.25) is 5.28 Å². The smallest absolute Gasteiger partial charge is 0.511 e. The van der Waals surface area contributed by atoms with Crippen molar-refractivity contribution in [3.8, 4) is 0 Å². The minimum absolute atomic E-state index is 0.0143. The highest BCUT2D eigenvalue weighted by molar-refractivity contribution is 5.73. The Balaban J connectivity index is 4.42. The van der Waals surface area contributed by atoms with Gasteiger partial charge in [0.15, 0.2) is 6.04 Å². The lowest BCUT2D eigenvalue weighted by atomic mass is 10.0. The van der Waals surface area contributed by atoms with Crippen molar-refractivity contribution in [3.05, 3.63) is 5.21 Å². The second-order valence-corrected chi connectivity index (χ2v) is 6.25. The molecule has 0 aromatic heterocycles. The van der Waals surface area contributed by atoms with Gasteiger partial charge in [-0.25, -0.2) is 9.59 Å². The Hall–Kier alpha value is -2.26. The van der Waals surface area contributed by atoms with Crippen LogP contribution in [-0.2, 0) is 19.1 Å². The van der Waals surface area contributed by atoms with Crippen LogP contribution in [0.15, 0.2) is 5.28 Å². The van der Waals surface area contributed by atoms with Crippen LogP contribution in [0.1, 0.15) is 41.0 Å². The number of hydrazine groups is 1. The summed E-state index contributed by atoms with van der Waals surface area (Å²) in [6.45, 7) is 8.02. The third kappa shape index (κ3) is 9.38. The van der Waals surface area contributed by atoms with E-state index in [1.807, 2.05) is 13.8 Å². The summed E-state index contributed by atoms with van der Waals surface area (Å²) in [4.78, 5) is 26.9. The Morgan fingerprint density at radius 1 is 1.35 bits per heavy atom. The molecule has 134 valence electrons. The van der Waals surface area contributed by atoms with Crippen LogP contribution < -0.4 is 0 Å². The van der Waals surface area contributed by atoms with Crippen LogP contribution in [0.25, 0.3) is 0 Å². The molecule has 10 nitrogen and oxygen atoms in total. The number of rotatable bonds is 8. The summed E-state index contributed by atoms with van der Waals surface area (Å²) in [7, 11) is 1.27. The van der Waals surface area contributed by atoms with E-state index < -0.39 is 30.6 Å². The zero-order valence-corrected chi connectivity index (χ0v) is 14.3. The van der Waals surface area contributed by atoms with E-state index in [0.717, 1.165) is 5.01 Å². The summed E-state index contributed by atoms with van der Waals surface area (Å²) in [5.74, 6) is -1.08. The molecule has 1 N–H and O–H groups in total. The van der Waals surface area contributed by atoms with Crippen LogP contribution in [0, 0.1) is 11.1 Å². The van der Waals surface area contributed by atoms with Gasteiger partial charge >= 0.3 is 12.1 Å². The average Bonchev–Trinajstić information content (AvgIpc) is 2.37.